The highest BCUT2D eigenvalue weighted by molar-refractivity contribution is 7.91. The van der Waals surface area contributed by atoms with E-state index in [1.807, 2.05) is 0 Å². The molecule has 2 N–H and O–H groups in total. The fourth-order valence-corrected chi connectivity index (χ4v) is 4.35. The summed E-state index contributed by atoms with van der Waals surface area (Å²) in [5, 5.41) is 11.6. The van der Waals surface area contributed by atoms with Crippen LogP contribution in [-0.2, 0) is 19.4 Å². The van der Waals surface area contributed by atoms with Crippen LogP contribution in [0.5, 0.6) is 0 Å². The zero-order valence-electron chi connectivity index (χ0n) is 10.5. The quantitative estimate of drug-likeness (QED) is 0.631. The first-order valence-electron chi connectivity index (χ1n) is 6.31. The Bertz CT molecular complexity index is 475. The van der Waals surface area contributed by atoms with Crippen LogP contribution in [0.25, 0.3) is 0 Å². The Morgan fingerprint density at radius 3 is 2.68 bits per heavy atom. The maximum atomic E-state index is 12.3. The van der Waals surface area contributed by atoms with Crippen LogP contribution >= 0.6 is 0 Å². The summed E-state index contributed by atoms with van der Waals surface area (Å²) < 4.78 is 23.0. The Morgan fingerprint density at radius 2 is 2.21 bits per heavy atom. The average Bonchev–Trinajstić information content (AvgIpc) is 2.91. The smallest absolute Gasteiger partial charge is 0.228 e. The number of sulfone groups is 1. The second-order valence-electron chi connectivity index (χ2n) is 5.02. The predicted molar refractivity (Wildman–Crippen MR) is 67.0 cm³/mol. The lowest BCUT2D eigenvalue weighted by atomic mass is 10.1. The van der Waals surface area contributed by atoms with Gasteiger partial charge >= 0.3 is 0 Å². The molecular weight excluding hydrogens is 272 g/mol. The maximum absolute atomic E-state index is 12.3. The topological polar surface area (TPSA) is 104 Å². The Balaban J connectivity index is 2.07. The molecule has 0 aliphatic carbocycles. The maximum Gasteiger partial charge on any atom is 0.228 e. The fraction of sp³-hybridized carbons (Fsp3) is 0.818. The van der Waals surface area contributed by atoms with Crippen LogP contribution in [0, 0.1) is 5.92 Å². The van der Waals surface area contributed by atoms with Gasteiger partial charge in [-0.2, -0.15) is 0 Å². The molecule has 2 saturated heterocycles. The van der Waals surface area contributed by atoms with Crippen molar-refractivity contribution in [2.45, 2.75) is 18.9 Å². The second-order valence-corrected chi connectivity index (χ2v) is 7.25. The van der Waals surface area contributed by atoms with E-state index in [0.717, 1.165) is 0 Å². The lowest BCUT2D eigenvalue weighted by molar-refractivity contribution is -0.138. The zero-order valence-corrected chi connectivity index (χ0v) is 11.4. The molecule has 0 aromatic carbocycles. The number of rotatable bonds is 4. The van der Waals surface area contributed by atoms with Crippen molar-refractivity contribution < 1.29 is 23.1 Å². The molecule has 0 aromatic heterocycles. The zero-order chi connectivity index (χ0) is 14.0. The molecule has 2 heterocycles. The number of carbonyl (C=O) groups excluding carboxylic acids is 2. The van der Waals surface area contributed by atoms with Gasteiger partial charge in [-0.25, -0.2) is 8.42 Å². The number of aliphatic hydroxyl groups is 1. The van der Waals surface area contributed by atoms with Crippen LogP contribution in [0.15, 0.2) is 0 Å². The highest BCUT2D eigenvalue weighted by atomic mass is 32.2. The van der Waals surface area contributed by atoms with Crippen molar-refractivity contribution in [3.05, 3.63) is 0 Å². The summed E-state index contributed by atoms with van der Waals surface area (Å²) in [5.41, 5.74) is 0. The van der Waals surface area contributed by atoms with E-state index in [9.17, 15) is 18.0 Å². The van der Waals surface area contributed by atoms with Gasteiger partial charge in [-0.3, -0.25) is 9.59 Å². The van der Waals surface area contributed by atoms with Crippen LogP contribution in [0.3, 0.4) is 0 Å². The van der Waals surface area contributed by atoms with Gasteiger partial charge in [0.15, 0.2) is 9.84 Å². The Morgan fingerprint density at radius 1 is 1.47 bits per heavy atom. The third-order valence-corrected chi connectivity index (χ3v) is 5.35. The largest absolute Gasteiger partial charge is 0.395 e. The van der Waals surface area contributed by atoms with E-state index in [2.05, 4.69) is 5.32 Å². The molecule has 0 saturated carbocycles. The first-order chi connectivity index (χ1) is 8.93. The summed E-state index contributed by atoms with van der Waals surface area (Å²) in [4.78, 5) is 24.9. The van der Waals surface area contributed by atoms with Crippen LogP contribution in [-0.4, -0.2) is 67.5 Å². The molecule has 0 bridgehead atoms. The summed E-state index contributed by atoms with van der Waals surface area (Å²) in [6.45, 7) is 0.194. The van der Waals surface area contributed by atoms with Gasteiger partial charge < -0.3 is 15.3 Å². The van der Waals surface area contributed by atoms with Gasteiger partial charge in [0.1, 0.15) is 0 Å². The minimum absolute atomic E-state index is 0.0488. The number of hydrogen-bond acceptors (Lipinski definition) is 5. The Hall–Kier alpha value is -1.15. The van der Waals surface area contributed by atoms with E-state index >= 15 is 0 Å². The molecule has 2 atom stereocenters. The molecular formula is C11H18N2O5S. The van der Waals surface area contributed by atoms with E-state index in [4.69, 9.17) is 5.11 Å². The minimum atomic E-state index is -3.08. The van der Waals surface area contributed by atoms with E-state index in [-0.39, 0.29) is 48.9 Å². The second kappa shape index (κ2) is 5.46. The first-order valence-corrected chi connectivity index (χ1v) is 8.13. The van der Waals surface area contributed by atoms with Crippen molar-refractivity contribution in [2.75, 3.05) is 31.2 Å². The molecule has 2 aliphatic rings. The molecule has 0 aromatic rings. The van der Waals surface area contributed by atoms with Gasteiger partial charge in [0.25, 0.3) is 0 Å². The molecule has 0 spiro atoms. The molecule has 108 valence electrons. The summed E-state index contributed by atoms with van der Waals surface area (Å²) in [7, 11) is -3.08. The van der Waals surface area contributed by atoms with E-state index < -0.39 is 15.8 Å². The third kappa shape index (κ3) is 3.24. The fourth-order valence-electron chi connectivity index (χ4n) is 2.62. The van der Waals surface area contributed by atoms with Crippen LogP contribution < -0.4 is 5.32 Å². The van der Waals surface area contributed by atoms with E-state index in [1.54, 1.807) is 0 Å². The number of amides is 2. The monoisotopic (exact) mass is 290 g/mol. The number of aliphatic hydroxyl groups excluding tert-OH is 1. The lowest BCUT2D eigenvalue weighted by Gasteiger charge is -2.29. The molecule has 2 rings (SSSR count). The number of nitrogens with one attached hydrogen (secondary N) is 1. The molecule has 2 aliphatic heterocycles. The average molecular weight is 290 g/mol. The highest BCUT2D eigenvalue weighted by Gasteiger charge is 2.38. The number of nitrogens with zero attached hydrogens (tertiary/aromatic N) is 1. The summed E-state index contributed by atoms with van der Waals surface area (Å²) in [5.74, 6) is -0.820. The summed E-state index contributed by atoms with van der Waals surface area (Å²) in [6, 6.07) is -0.375. The van der Waals surface area contributed by atoms with Gasteiger partial charge in [0.05, 0.1) is 24.0 Å². The number of carbonyl (C=O) groups is 2. The van der Waals surface area contributed by atoms with E-state index in [1.165, 1.54) is 4.90 Å². The highest BCUT2D eigenvalue weighted by Crippen LogP contribution is 2.21. The van der Waals surface area contributed by atoms with Crippen LogP contribution in [0.1, 0.15) is 12.8 Å². The van der Waals surface area contributed by atoms with Crippen molar-refractivity contribution in [3.8, 4) is 0 Å². The summed E-state index contributed by atoms with van der Waals surface area (Å²) in [6.07, 6.45) is 0.544. The molecule has 0 radical (unpaired) electrons. The molecule has 7 nitrogen and oxygen atoms in total. The van der Waals surface area contributed by atoms with Crippen molar-refractivity contribution in [1.29, 1.82) is 0 Å². The molecule has 8 heteroatoms. The van der Waals surface area contributed by atoms with Crippen molar-refractivity contribution in [3.63, 3.8) is 0 Å². The van der Waals surface area contributed by atoms with E-state index in [0.29, 0.717) is 13.0 Å². The van der Waals surface area contributed by atoms with Gasteiger partial charge in [-0.05, 0) is 6.42 Å². The van der Waals surface area contributed by atoms with Gasteiger partial charge in [-0.1, -0.05) is 0 Å². The van der Waals surface area contributed by atoms with Gasteiger partial charge in [-0.15, -0.1) is 0 Å². The normalized spacial score (nSPS) is 29.2. The molecule has 19 heavy (non-hydrogen) atoms. The first kappa shape index (κ1) is 14.3. The molecule has 2 fully saturated rings. The van der Waals surface area contributed by atoms with Crippen molar-refractivity contribution >= 4 is 21.7 Å². The minimum Gasteiger partial charge on any atom is -0.395 e. The standard InChI is InChI=1S/C11H18N2O5S/c14-3-2-13(9-1-4-19(17,18)7-9)11(16)8-5-10(15)12-6-8/h8-9,14H,1-7H2,(H,12,15). The SMILES string of the molecule is O=C1CC(C(=O)N(CCO)C2CCS(=O)(=O)C2)CN1. The molecule has 2 amide bonds. The lowest BCUT2D eigenvalue weighted by Crippen LogP contribution is -2.46. The number of hydrogen-bond donors (Lipinski definition) is 2. The Kier molecular flexibility index (Phi) is 4.10. The summed E-state index contributed by atoms with van der Waals surface area (Å²) >= 11 is 0. The van der Waals surface area contributed by atoms with Gasteiger partial charge in [0, 0.05) is 25.6 Å². The van der Waals surface area contributed by atoms with Crippen LogP contribution in [0.2, 0.25) is 0 Å². The van der Waals surface area contributed by atoms with Gasteiger partial charge in [0.2, 0.25) is 11.8 Å². The van der Waals surface area contributed by atoms with Crippen LogP contribution in [0.4, 0.5) is 0 Å². The third-order valence-electron chi connectivity index (χ3n) is 3.60. The predicted octanol–water partition coefficient (Wildman–Crippen LogP) is -1.87. The Labute approximate surface area is 111 Å². The molecule has 2 unspecified atom stereocenters. The van der Waals surface area contributed by atoms with Crippen molar-refractivity contribution in [2.24, 2.45) is 5.92 Å². The van der Waals surface area contributed by atoms with Crippen molar-refractivity contribution in [1.82, 2.24) is 10.2 Å².